The summed E-state index contributed by atoms with van der Waals surface area (Å²) >= 11 is 0. The Morgan fingerprint density at radius 2 is 1.33 bits per heavy atom. The first kappa shape index (κ1) is 4.69. The Balaban J connectivity index is 1.97. The van der Waals surface area contributed by atoms with E-state index in [4.69, 9.17) is 0 Å². The highest BCUT2D eigenvalue weighted by Crippen LogP contribution is 2.17. The van der Waals surface area contributed by atoms with Gasteiger partial charge >= 0.3 is 0 Å². The molecule has 2 atom stereocenters. The van der Waals surface area contributed by atoms with E-state index in [0.29, 0.717) is 0 Å². The summed E-state index contributed by atoms with van der Waals surface area (Å²) in [5.41, 5.74) is 0.806. The molecule has 3 saturated heterocycles. The maximum atomic E-state index is 1.92. The van der Waals surface area contributed by atoms with Crippen molar-refractivity contribution in [2.24, 2.45) is 0 Å². The van der Waals surface area contributed by atoms with Crippen molar-refractivity contribution in [1.82, 2.24) is 0 Å². The van der Waals surface area contributed by atoms with Gasteiger partial charge in [-0.05, 0) is 0 Å². The lowest BCUT2D eigenvalue weighted by Crippen LogP contribution is -3.44. The maximum Gasteiger partial charge on any atom is 0.233 e. The minimum atomic E-state index is 0.806. The fourth-order valence-electron chi connectivity index (χ4n) is 2.97. The molecule has 1 spiro atoms. The molecule has 0 aliphatic carbocycles. The normalized spacial score (nSPS) is 61.3. The van der Waals surface area contributed by atoms with Crippen molar-refractivity contribution in [3.8, 4) is 0 Å². The van der Waals surface area contributed by atoms with Gasteiger partial charge in [0.2, 0.25) is 5.66 Å². The second kappa shape index (κ2) is 1.18. The molecule has 3 aliphatic heterocycles. The zero-order valence-electron chi connectivity index (χ0n) is 5.74. The van der Waals surface area contributed by atoms with Crippen LogP contribution in [-0.4, -0.2) is 31.8 Å². The molecule has 0 aromatic heterocycles. The number of hydrogen-bond acceptors (Lipinski definition) is 0. The summed E-state index contributed by atoms with van der Waals surface area (Å²) in [6.45, 7) is 5.89. The Labute approximate surface area is 55.4 Å². The lowest BCUT2D eigenvalue weighted by atomic mass is 9.85. The summed E-state index contributed by atoms with van der Waals surface area (Å²) in [6, 6.07) is 0. The van der Waals surface area contributed by atoms with E-state index < -0.39 is 0 Å². The summed E-state index contributed by atoms with van der Waals surface area (Å²) in [6.07, 6.45) is 3.05. The van der Waals surface area contributed by atoms with Gasteiger partial charge in [0.25, 0.3) is 0 Å². The van der Waals surface area contributed by atoms with E-state index in [1.807, 2.05) is 9.80 Å². The van der Waals surface area contributed by atoms with E-state index in [2.05, 4.69) is 0 Å². The van der Waals surface area contributed by atoms with Gasteiger partial charge < -0.3 is 0 Å². The lowest BCUT2D eigenvalue weighted by Gasteiger charge is -2.50. The van der Waals surface area contributed by atoms with Gasteiger partial charge in [-0.15, -0.1) is 0 Å². The van der Waals surface area contributed by atoms with Gasteiger partial charge in [0.05, 0.1) is 13.1 Å². The van der Waals surface area contributed by atoms with Crippen LogP contribution in [0.15, 0.2) is 0 Å². The molecule has 9 heavy (non-hydrogen) atoms. The van der Waals surface area contributed by atoms with Crippen LogP contribution >= 0.6 is 0 Å². The number of quaternary nitrogens is 2. The first-order valence-electron chi connectivity index (χ1n) is 4.12. The molecule has 3 heterocycles. The molecule has 50 valence electrons. The predicted octanol–water partition coefficient (Wildman–Crippen LogP) is -2.73. The quantitative estimate of drug-likeness (QED) is 0.349. The van der Waals surface area contributed by atoms with E-state index in [0.717, 1.165) is 5.66 Å². The Kier molecular flexibility index (Phi) is 0.616. The van der Waals surface area contributed by atoms with Crippen molar-refractivity contribution in [2.45, 2.75) is 18.5 Å². The molecule has 3 rings (SSSR count). The molecule has 0 aromatic carbocycles. The van der Waals surface area contributed by atoms with Crippen molar-refractivity contribution in [1.29, 1.82) is 0 Å². The Hall–Kier alpha value is -0.0800. The van der Waals surface area contributed by atoms with Crippen molar-refractivity contribution in [2.75, 3.05) is 26.2 Å². The summed E-state index contributed by atoms with van der Waals surface area (Å²) in [4.78, 5) is 3.84. The average molecular weight is 126 g/mol. The van der Waals surface area contributed by atoms with Crippen molar-refractivity contribution in [3.63, 3.8) is 0 Å². The molecule has 2 N–H and O–H groups in total. The van der Waals surface area contributed by atoms with Gasteiger partial charge in [0.15, 0.2) is 0 Å². The number of rotatable bonds is 0. The van der Waals surface area contributed by atoms with Crippen LogP contribution in [0.4, 0.5) is 0 Å². The van der Waals surface area contributed by atoms with E-state index in [1.165, 1.54) is 39.0 Å². The Morgan fingerprint density at radius 1 is 0.778 bits per heavy atom. The van der Waals surface area contributed by atoms with Crippen LogP contribution in [0, 0.1) is 0 Å². The zero-order chi connectivity index (χ0) is 5.90. The molecule has 0 aromatic rings. The Bertz CT molecular complexity index is 137. The van der Waals surface area contributed by atoms with Gasteiger partial charge in [-0.2, -0.15) is 0 Å². The second-order valence-corrected chi connectivity index (χ2v) is 3.79. The summed E-state index contributed by atoms with van der Waals surface area (Å²) in [5, 5.41) is 0. The summed E-state index contributed by atoms with van der Waals surface area (Å²) in [7, 11) is 0. The highest BCUT2D eigenvalue weighted by Gasteiger charge is 2.67. The first-order chi connectivity index (χ1) is 4.42. The smallest absolute Gasteiger partial charge is 0.233 e. The third-order valence-electron chi connectivity index (χ3n) is 3.79. The predicted molar refractivity (Wildman–Crippen MR) is 33.4 cm³/mol. The van der Waals surface area contributed by atoms with Crippen LogP contribution in [0.3, 0.4) is 0 Å². The van der Waals surface area contributed by atoms with Crippen LogP contribution in [-0.2, 0) is 0 Å². The van der Waals surface area contributed by atoms with Gasteiger partial charge in [-0.3, -0.25) is 9.80 Å². The minimum Gasteiger partial charge on any atom is -0.278 e. The van der Waals surface area contributed by atoms with Crippen molar-refractivity contribution >= 4 is 0 Å². The highest BCUT2D eigenvalue weighted by atomic mass is 15.5. The molecule has 0 amide bonds. The number of nitrogens with one attached hydrogen (secondary N) is 2. The zero-order valence-corrected chi connectivity index (χ0v) is 5.74. The molecule has 3 aliphatic rings. The van der Waals surface area contributed by atoms with Gasteiger partial charge in [0.1, 0.15) is 25.9 Å². The Morgan fingerprint density at radius 3 is 1.56 bits per heavy atom. The number of hydrogen-bond donors (Lipinski definition) is 2. The van der Waals surface area contributed by atoms with E-state index in [-0.39, 0.29) is 0 Å². The molecule has 0 radical (unpaired) electrons. The van der Waals surface area contributed by atoms with Crippen LogP contribution in [0.25, 0.3) is 0 Å². The van der Waals surface area contributed by atoms with E-state index >= 15 is 0 Å². The van der Waals surface area contributed by atoms with Crippen LogP contribution in [0.1, 0.15) is 12.8 Å². The fraction of sp³-hybridized carbons (Fsp3) is 1.00. The molecule has 3 fully saturated rings. The SMILES string of the molecule is C1C[NH+]2CCC23CC[NH+]13. The third kappa shape index (κ3) is 0.332. The summed E-state index contributed by atoms with van der Waals surface area (Å²) < 4.78 is 0. The monoisotopic (exact) mass is 126 g/mol. The standard InChI is InChI=1S/C7H12N2/c1-3-8-5-6-9-4-2-7(1,8)9/h1-6H2/p+2. The molecule has 0 bridgehead atoms. The fourth-order valence-corrected chi connectivity index (χ4v) is 2.97. The van der Waals surface area contributed by atoms with Crippen molar-refractivity contribution < 1.29 is 9.80 Å². The highest BCUT2D eigenvalue weighted by molar-refractivity contribution is 4.82. The maximum absolute atomic E-state index is 1.92. The molecular weight excluding hydrogens is 112 g/mol. The summed E-state index contributed by atoms with van der Waals surface area (Å²) in [5.74, 6) is 0. The molecular formula is C7H14N2+2. The van der Waals surface area contributed by atoms with Crippen LogP contribution < -0.4 is 9.80 Å². The molecule has 0 saturated carbocycles. The lowest BCUT2D eigenvalue weighted by molar-refractivity contribution is -1.17. The van der Waals surface area contributed by atoms with Crippen LogP contribution in [0.2, 0.25) is 0 Å². The van der Waals surface area contributed by atoms with Crippen LogP contribution in [0.5, 0.6) is 0 Å². The average Bonchev–Trinajstić information content (AvgIpc) is 1.85. The largest absolute Gasteiger partial charge is 0.278 e. The second-order valence-electron chi connectivity index (χ2n) is 3.79. The molecule has 2 nitrogen and oxygen atoms in total. The molecule has 2 unspecified atom stereocenters. The minimum absolute atomic E-state index is 0.806. The van der Waals surface area contributed by atoms with Gasteiger partial charge in [0, 0.05) is 0 Å². The van der Waals surface area contributed by atoms with Gasteiger partial charge in [-0.25, -0.2) is 0 Å². The topological polar surface area (TPSA) is 8.88 Å². The third-order valence-corrected chi connectivity index (χ3v) is 3.79. The van der Waals surface area contributed by atoms with E-state index in [1.54, 1.807) is 0 Å². The van der Waals surface area contributed by atoms with Crippen molar-refractivity contribution in [3.05, 3.63) is 0 Å². The molecule has 2 heteroatoms. The first-order valence-corrected chi connectivity index (χ1v) is 4.12. The van der Waals surface area contributed by atoms with Gasteiger partial charge in [-0.1, -0.05) is 0 Å². The van der Waals surface area contributed by atoms with E-state index in [9.17, 15) is 0 Å².